The van der Waals surface area contributed by atoms with Crippen LogP contribution >= 0.6 is 11.6 Å². The molecule has 0 aliphatic heterocycles. The van der Waals surface area contributed by atoms with E-state index in [0.717, 1.165) is 0 Å². The van der Waals surface area contributed by atoms with Gasteiger partial charge in [0.15, 0.2) is 10.9 Å². The lowest BCUT2D eigenvalue weighted by Gasteiger charge is -2.25. The van der Waals surface area contributed by atoms with Gasteiger partial charge in [0, 0.05) is 0 Å². The summed E-state index contributed by atoms with van der Waals surface area (Å²) in [5.74, 6) is 0.648. The van der Waals surface area contributed by atoms with Crippen LogP contribution in [-0.2, 0) is 4.74 Å². The van der Waals surface area contributed by atoms with Crippen LogP contribution in [0.3, 0.4) is 0 Å². The Morgan fingerprint density at radius 2 is 2.29 bits per heavy atom. The average Bonchev–Trinajstić information content (AvgIpc) is 2.28. The average molecular weight is 256 g/mol. The predicted molar refractivity (Wildman–Crippen MR) is 63.4 cm³/mol. The van der Waals surface area contributed by atoms with Crippen LogP contribution in [0, 0.1) is 5.92 Å². The number of carbonyl (C=O) groups is 1. The topological polar surface area (TPSA) is 48.4 Å². The standard InChI is InChI=1S/C12H14ClNO3/c1-16-12(15)9-5-6-10(11(13)14-9)17-7-8-3-2-4-8/h5-6,8H,2-4,7H2,1H3. The second kappa shape index (κ2) is 5.36. The molecule has 5 heteroatoms. The van der Waals surface area contributed by atoms with E-state index in [2.05, 4.69) is 9.72 Å². The Morgan fingerprint density at radius 1 is 1.53 bits per heavy atom. The molecule has 0 spiro atoms. The normalized spacial score (nSPS) is 15.2. The van der Waals surface area contributed by atoms with E-state index < -0.39 is 5.97 Å². The number of aromatic nitrogens is 1. The summed E-state index contributed by atoms with van der Waals surface area (Å²) in [6.45, 7) is 0.666. The second-order valence-corrected chi connectivity index (χ2v) is 4.44. The number of hydrogen-bond donors (Lipinski definition) is 0. The third-order valence-electron chi connectivity index (χ3n) is 2.91. The fourth-order valence-corrected chi connectivity index (χ4v) is 1.82. The number of halogens is 1. The molecule has 0 amide bonds. The van der Waals surface area contributed by atoms with Crippen LogP contribution in [0.1, 0.15) is 29.8 Å². The van der Waals surface area contributed by atoms with Crippen molar-refractivity contribution in [3.05, 3.63) is 23.0 Å². The fourth-order valence-electron chi connectivity index (χ4n) is 1.61. The van der Waals surface area contributed by atoms with E-state index in [9.17, 15) is 4.79 Å². The Hall–Kier alpha value is -1.29. The smallest absolute Gasteiger partial charge is 0.356 e. The van der Waals surface area contributed by atoms with Crippen LogP contribution in [0.15, 0.2) is 12.1 Å². The largest absolute Gasteiger partial charge is 0.490 e. The first kappa shape index (κ1) is 12.2. The molecule has 1 aromatic heterocycles. The van der Waals surface area contributed by atoms with E-state index in [1.165, 1.54) is 26.4 Å². The molecule has 0 atom stereocenters. The van der Waals surface area contributed by atoms with Crippen LogP contribution in [0.2, 0.25) is 5.15 Å². The number of nitrogens with zero attached hydrogens (tertiary/aromatic N) is 1. The monoisotopic (exact) mass is 255 g/mol. The third kappa shape index (κ3) is 2.88. The molecule has 1 fully saturated rings. The lowest BCUT2D eigenvalue weighted by Crippen LogP contribution is -2.19. The zero-order valence-electron chi connectivity index (χ0n) is 9.61. The maximum atomic E-state index is 11.2. The van der Waals surface area contributed by atoms with Gasteiger partial charge in [0.05, 0.1) is 13.7 Å². The van der Waals surface area contributed by atoms with Gasteiger partial charge in [-0.05, 0) is 30.9 Å². The minimum Gasteiger partial charge on any atom is -0.490 e. The highest BCUT2D eigenvalue weighted by atomic mass is 35.5. The molecule has 1 aliphatic carbocycles. The molecule has 1 aliphatic rings. The van der Waals surface area contributed by atoms with Gasteiger partial charge in [-0.2, -0.15) is 0 Å². The summed E-state index contributed by atoms with van der Waals surface area (Å²) in [6, 6.07) is 3.20. The van der Waals surface area contributed by atoms with E-state index in [1.807, 2.05) is 0 Å². The number of methoxy groups -OCH3 is 1. The maximum absolute atomic E-state index is 11.2. The van der Waals surface area contributed by atoms with Crippen LogP contribution in [-0.4, -0.2) is 24.7 Å². The summed E-state index contributed by atoms with van der Waals surface area (Å²) >= 11 is 5.93. The number of hydrogen-bond acceptors (Lipinski definition) is 4. The molecule has 0 radical (unpaired) electrons. The minimum atomic E-state index is -0.502. The van der Waals surface area contributed by atoms with Crippen molar-refractivity contribution in [2.45, 2.75) is 19.3 Å². The summed E-state index contributed by atoms with van der Waals surface area (Å²) in [5, 5.41) is 0.201. The number of carbonyl (C=O) groups excluding carboxylic acids is 1. The minimum absolute atomic E-state index is 0.188. The lowest BCUT2D eigenvalue weighted by molar-refractivity contribution is 0.0594. The van der Waals surface area contributed by atoms with Gasteiger partial charge in [0.1, 0.15) is 5.69 Å². The Bertz CT molecular complexity index is 418. The van der Waals surface area contributed by atoms with Crippen molar-refractivity contribution in [2.24, 2.45) is 5.92 Å². The molecule has 17 heavy (non-hydrogen) atoms. The zero-order valence-corrected chi connectivity index (χ0v) is 10.4. The van der Waals surface area contributed by atoms with E-state index >= 15 is 0 Å². The highest BCUT2D eigenvalue weighted by Crippen LogP contribution is 2.29. The van der Waals surface area contributed by atoms with Gasteiger partial charge in [0.2, 0.25) is 0 Å². The molecule has 92 valence electrons. The van der Waals surface area contributed by atoms with E-state index in [1.54, 1.807) is 12.1 Å². The Kier molecular flexibility index (Phi) is 3.84. The Balaban J connectivity index is 2.00. The van der Waals surface area contributed by atoms with Crippen molar-refractivity contribution >= 4 is 17.6 Å². The molecule has 0 saturated heterocycles. The number of esters is 1. The molecule has 0 aromatic carbocycles. The summed E-state index contributed by atoms with van der Waals surface area (Å²) in [6.07, 6.45) is 3.71. The summed E-state index contributed by atoms with van der Waals surface area (Å²) in [7, 11) is 1.30. The van der Waals surface area contributed by atoms with Crippen LogP contribution in [0.4, 0.5) is 0 Å². The second-order valence-electron chi connectivity index (χ2n) is 4.08. The highest BCUT2D eigenvalue weighted by Gasteiger charge is 2.19. The molecule has 1 saturated carbocycles. The first-order valence-corrected chi connectivity index (χ1v) is 5.96. The van der Waals surface area contributed by atoms with Gasteiger partial charge in [-0.15, -0.1) is 0 Å². The van der Waals surface area contributed by atoms with Crippen LogP contribution < -0.4 is 4.74 Å². The van der Waals surface area contributed by atoms with Gasteiger partial charge in [0.25, 0.3) is 0 Å². The number of ether oxygens (including phenoxy) is 2. The molecule has 2 rings (SSSR count). The van der Waals surface area contributed by atoms with Crippen molar-refractivity contribution in [1.82, 2.24) is 4.98 Å². The van der Waals surface area contributed by atoms with E-state index in [-0.39, 0.29) is 10.8 Å². The van der Waals surface area contributed by atoms with Gasteiger partial charge in [-0.3, -0.25) is 0 Å². The first-order chi connectivity index (χ1) is 8.20. The number of pyridine rings is 1. The fraction of sp³-hybridized carbons (Fsp3) is 0.500. The molecular weight excluding hydrogens is 242 g/mol. The quantitative estimate of drug-likeness (QED) is 0.613. The molecule has 0 unspecified atom stereocenters. The van der Waals surface area contributed by atoms with Gasteiger partial charge in [-0.25, -0.2) is 9.78 Å². The zero-order chi connectivity index (χ0) is 12.3. The van der Waals surface area contributed by atoms with Crippen molar-refractivity contribution in [3.8, 4) is 5.75 Å². The van der Waals surface area contributed by atoms with Gasteiger partial charge >= 0.3 is 5.97 Å². The Labute approximate surface area is 105 Å². The van der Waals surface area contributed by atoms with Crippen molar-refractivity contribution in [2.75, 3.05) is 13.7 Å². The summed E-state index contributed by atoms with van der Waals surface area (Å²) < 4.78 is 10.1. The predicted octanol–water partition coefficient (Wildman–Crippen LogP) is 2.70. The SMILES string of the molecule is COC(=O)c1ccc(OCC2CCC2)c(Cl)n1. The number of rotatable bonds is 4. The summed E-state index contributed by atoms with van der Waals surface area (Å²) in [5.41, 5.74) is 0.188. The van der Waals surface area contributed by atoms with E-state index in [4.69, 9.17) is 16.3 Å². The van der Waals surface area contributed by atoms with Crippen LogP contribution in [0.25, 0.3) is 0 Å². The molecule has 1 aromatic rings. The molecule has 0 bridgehead atoms. The van der Waals surface area contributed by atoms with Crippen LogP contribution in [0.5, 0.6) is 5.75 Å². The molecule has 4 nitrogen and oxygen atoms in total. The third-order valence-corrected chi connectivity index (χ3v) is 3.18. The van der Waals surface area contributed by atoms with Crippen molar-refractivity contribution in [3.63, 3.8) is 0 Å². The molecular formula is C12H14ClNO3. The van der Waals surface area contributed by atoms with E-state index in [0.29, 0.717) is 18.3 Å². The molecule has 0 N–H and O–H groups in total. The lowest BCUT2D eigenvalue weighted by atomic mass is 9.86. The van der Waals surface area contributed by atoms with Crippen molar-refractivity contribution < 1.29 is 14.3 Å². The highest BCUT2D eigenvalue weighted by molar-refractivity contribution is 6.31. The molecule has 1 heterocycles. The van der Waals surface area contributed by atoms with Gasteiger partial charge in [-0.1, -0.05) is 18.0 Å². The maximum Gasteiger partial charge on any atom is 0.356 e. The van der Waals surface area contributed by atoms with Crippen molar-refractivity contribution in [1.29, 1.82) is 0 Å². The van der Waals surface area contributed by atoms with Gasteiger partial charge < -0.3 is 9.47 Å². The first-order valence-electron chi connectivity index (χ1n) is 5.58. The Morgan fingerprint density at radius 3 is 2.82 bits per heavy atom. The summed E-state index contributed by atoms with van der Waals surface area (Å²) in [4.78, 5) is 15.1.